The first-order valence-corrected chi connectivity index (χ1v) is 7.65. The average Bonchev–Trinajstić information content (AvgIpc) is 3.16. The highest BCUT2D eigenvalue weighted by Gasteiger charge is 2.23. The number of hydrogen-bond acceptors (Lipinski definition) is 4. The molecule has 0 spiro atoms. The van der Waals surface area contributed by atoms with Crippen molar-refractivity contribution in [2.24, 2.45) is 0 Å². The van der Waals surface area contributed by atoms with E-state index in [0.717, 1.165) is 31.0 Å². The fraction of sp³-hybridized carbons (Fsp3) is 0.375. The second-order valence-electron chi connectivity index (χ2n) is 5.44. The maximum atomic E-state index is 13.5. The maximum Gasteiger partial charge on any atom is 0.143 e. The van der Waals surface area contributed by atoms with Crippen LogP contribution < -0.4 is 10.2 Å². The van der Waals surface area contributed by atoms with E-state index < -0.39 is 0 Å². The van der Waals surface area contributed by atoms with E-state index in [0.29, 0.717) is 18.3 Å². The molecule has 1 atom stereocenters. The van der Waals surface area contributed by atoms with Crippen molar-refractivity contribution in [1.82, 2.24) is 5.32 Å². The summed E-state index contributed by atoms with van der Waals surface area (Å²) >= 11 is 5.71. The zero-order valence-corrected chi connectivity index (χ0v) is 12.8. The summed E-state index contributed by atoms with van der Waals surface area (Å²) in [4.78, 5) is 2.14. The summed E-state index contributed by atoms with van der Waals surface area (Å²) in [6, 6.07) is 8.86. The molecule has 0 unspecified atom stereocenters. The molecule has 2 N–H and O–H groups in total. The number of anilines is 1. The Morgan fingerprint density at radius 2 is 2.14 bits per heavy atom. The van der Waals surface area contributed by atoms with Gasteiger partial charge in [-0.1, -0.05) is 11.6 Å². The number of furan rings is 1. The van der Waals surface area contributed by atoms with Crippen LogP contribution in [0.5, 0.6) is 0 Å². The number of hydrogen-bond donors (Lipinski definition) is 2. The molecule has 1 aromatic carbocycles. The molecule has 1 fully saturated rings. The number of rotatable bonds is 5. The molecule has 1 aromatic heterocycles. The molecular formula is C16H18ClFN2O2. The van der Waals surface area contributed by atoms with E-state index in [2.05, 4.69) is 10.2 Å². The Kier molecular flexibility index (Phi) is 4.66. The lowest BCUT2D eigenvalue weighted by atomic mass is 10.2. The summed E-state index contributed by atoms with van der Waals surface area (Å²) in [6.45, 7) is 2.22. The molecule has 2 heterocycles. The van der Waals surface area contributed by atoms with E-state index in [1.807, 2.05) is 12.1 Å². The largest absolute Gasteiger partial charge is 0.462 e. The van der Waals surface area contributed by atoms with Crippen LogP contribution in [-0.2, 0) is 13.2 Å². The van der Waals surface area contributed by atoms with Gasteiger partial charge in [0, 0.05) is 24.8 Å². The van der Waals surface area contributed by atoms with Gasteiger partial charge in [-0.05, 0) is 36.8 Å². The topological polar surface area (TPSA) is 48.6 Å². The van der Waals surface area contributed by atoms with E-state index in [4.69, 9.17) is 21.1 Å². The number of aliphatic hydroxyl groups is 1. The van der Waals surface area contributed by atoms with Crippen molar-refractivity contribution in [2.45, 2.75) is 25.6 Å². The summed E-state index contributed by atoms with van der Waals surface area (Å²) in [6.07, 6.45) is 0.984. The second-order valence-corrected chi connectivity index (χ2v) is 5.84. The Morgan fingerprint density at radius 3 is 2.86 bits per heavy atom. The standard InChI is InChI=1S/C16H18ClFN2O2/c17-15-4-1-12(7-16(15)18)20-6-5-11(9-20)19-8-13-2-3-14(10-21)22-13/h1-4,7,11,19,21H,5-6,8-10H2/t11-/m1/s1. The minimum Gasteiger partial charge on any atom is -0.462 e. The zero-order chi connectivity index (χ0) is 15.5. The van der Waals surface area contributed by atoms with Crippen molar-refractivity contribution < 1.29 is 13.9 Å². The molecule has 0 radical (unpaired) electrons. The third-order valence-electron chi connectivity index (χ3n) is 3.89. The lowest BCUT2D eigenvalue weighted by molar-refractivity contribution is 0.242. The van der Waals surface area contributed by atoms with Crippen molar-refractivity contribution in [3.05, 3.63) is 52.7 Å². The lowest BCUT2D eigenvalue weighted by Gasteiger charge is -2.19. The highest BCUT2D eigenvalue weighted by Crippen LogP contribution is 2.25. The molecule has 4 nitrogen and oxygen atoms in total. The molecule has 0 bridgehead atoms. The molecule has 3 rings (SSSR count). The highest BCUT2D eigenvalue weighted by molar-refractivity contribution is 6.30. The molecule has 2 aromatic rings. The predicted molar refractivity (Wildman–Crippen MR) is 83.5 cm³/mol. The Hall–Kier alpha value is -1.56. The number of aliphatic hydroxyl groups excluding tert-OH is 1. The fourth-order valence-corrected chi connectivity index (χ4v) is 2.81. The smallest absolute Gasteiger partial charge is 0.143 e. The number of nitrogens with one attached hydrogen (secondary N) is 1. The van der Waals surface area contributed by atoms with Crippen LogP contribution in [0.2, 0.25) is 5.02 Å². The Labute approximate surface area is 133 Å². The van der Waals surface area contributed by atoms with E-state index in [1.165, 1.54) is 6.07 Å². The van der Waals surface area contributed by atoms with Gasteiger partial charge in [-0.25, -0.2) is 4.39 Å². The van der Waals surface area contributed by atoms with Crippen LogP contribution in [0.25, 0.3) is 0 Å². The third kappa shape index (κ3) is 3.43. The third-order valence-corrected chi connectivity index (χ3v) is 4.20. The summed E-state index contributed by atoms with van der Waals surface area (Å²) in [5.74, 6) is 0.990. The molecule has 118 valence electrons. The first-order chi connectivity index (χ1) is 10.7. The van der Waals surface area contributed by atoms with Crippen molar-refractivity contribution in [2.75, 3.05) is 18.0 Å². The minimum atomic E-state index is -0.386. The van der Waals surface area contributed by atoms with Crippen LogP contribution in [0.1, 0.15) is 17.9 Å². The van der Waals surface area contributed by atoms with E-state index in [9.17, 15) is 4.39 Å². The van der Waals surface area contributed by atoms with Gasteiger partial charge in [-0.2, -0.15) is 0 Å². The van der Waals surface area contributed by atoms with Crippen LogP contribution in [-0.4, -0.2) is 24.2 Å². The van der Waals surface area contributed by atoms with Crippen LogP contribution in [0.15, 0.2) is 34.7 Å². The van der Waals surface area contributed by atoms with Gasteiger partial charge in [0.1, 0.15) is 23.9 Å². The van der Waals surface area contributed by atoms with Gasteiger partial charge in [0.05, 0.1) is 11.6 Å². The summed E-state index contributed by atoms with van der Waals surface area (Å²) in [5.41, 5.74) is 0.853. The molecule has 1 aliphatic heterocycles. The quantitative estimate of drug-likeness (QED) is 0.888. The molecule has 1 saturated heterocycles. The van der Waals surface area contributed by atoms with E-state index >= 15 is 0 Å². The van der Waals surface area contributed by atoms with Gasteiger partial charge in [-0.15, -0.1) is 0 Å². The van der Waals surface area contributed by atoms with Crippen molar-refractivity contribution in [3.63, 3.8) is 0 Å². The Bertz CT molecular complexity index is 647. The molecule has 0 amide bonds. The normalized spacial score (nSPS) is 18.1. The number of nitrogens with zero attached hydrogens (tertiary/aromatic N) is 1. The monoisotopic (exact) mass is 324 g/mol. The fourth-order valence-electron chi connectivity index (χ4n) is 2.69. The van der Waals surface area contributed by atoms with Gasteiger partial charge in [-0.3, -0.25) is 0 Å². The van der Waals surface area contributed by atoms with E-state index in [-0.39, 0.29) is 17.4 Å². The SMILES string of the molecule is OCc1ccc(CN[C@@H]2CCN(c3ccc(Cl)c(F)c3)C2)o1. The summed E-state index contributed by atoms with van der Waals surface area (Å²) in [7, 11) is 0. The first kappa shape index (κ1) is 15.3. The van der Waals surface area contributed by atoms with Gasteiger partial charge in [0.15, 0.2) is 0 Å². The second kappa shape index (κ2) is 6.69. The lowest BCUT2D eigenvalue weighted by Crippen LogP contribution is -2.32. The molecule has 1 aliphatic rings. The molecule has 0 saturated carbocycles. The minimum absolute atomic E-state index is 0.0840. The van der Waals surface area contributed by atoms with Crippen LogP contribution in [0, 0.1) is 5.82 Å². The van der Waals surface area contributed by atoms with Crippen LogP contribution in [0.3, 0.4) is 0 Å². The van der Waals surface area contributed by atoms with Crippen LogP contribution in [0.4, 0.5) is 10.1 Å². The van der Waals surface area contributed by atoms with Crippen molar-refractivity contribution in [3.8, 4) is 0 Å². The molecule has 0 aliphatic carbocycles. The van der Waals surface area contributed by atoms with Crippen LogP contribution >= 0.6 is 11.6 Å². The van der Waals surface area contributed by atoms with Crippen molar-refractivity contribution in [1.29, 1.82) is 0 Å². The average molecular weight is 325 g/mol. The maximum absolute atomic E-state index is 13.5. The molecule has 6 heteroatoms. The number of halogens is 2. The molecular weight excluding hydrogens is 307 g/mol. The zero-order valence-electron chi connectivity index (χ0n) is 12.1. The van der Waals surface area contributed by atoms with Gasteiger partial charge in [0.2, 0.25) is 0 Å². The summed E-state index contributed by atoms with van der Waals surface area (Å²) < 4.78 is 19.0. The van der Waals surface area contributed by atoms with Gasteiger partial charge < -0.3 is 19.7 Å². The first-order valence-electron chi connectivity index (χ1n) is 7.27. The Balaban J connectivity index is 1.54. The summed E-state index contributed by atoms with van der Waals surface area (Å²) in [5, 5.41) is 12.5. The highest BCUT2D eigenvalue weighted by atomic mass is 35.5. The Morgan fingerprint density at radius 1 is 1.32 bits per heavy atom. The number of benzene rings is 1. The predicted octanol–water partition coefficient (Wildman–Crippen LogP) is 2.93. The van der Waals surface area contributed by atoms with Crippen molar-refractivity contribution >= 4 is 17.3 Å². The molecule has 22 heavy (non-hydrogen) atoms. The van der Waals surface area contributed by atoms with E-state index in [1.54, 1.807) is 12.1 Å². The van der Waals surface area contributed by atoms with Gasteiger partial charge in [0.25, 0.3) is 0 Å². The van der Waals surface area contributed by atoms with Gasteiger partial charge >= 0.3 is 0 Å².